The van der Waals surface area contributed by atoms with Crippen LogP contribution in [0.25, 0.3) is 0 Å². The molecule has 2 N–H and O–H groups in total. The predicted octanol–water partition coefficient (Wildman–Crippen LogP) is 2.25. The van der Waals surface area contributed by atoms with Gasteiger partial charge in [-0.15, -0.1) is 0 Å². The highest BCUT2D eigenvalue weighted by molar-refractivity contribution is 5.82. The monoisotopic (exact) mass is 308 g/mol. The van der Waals surface area contributed by atoms with Crippen molar-refractivity contribution in [3.05, 3.63) is 53.6 Å². The van der Waals surface area contributed by atoms with E-state index in [1.54, 1.807) is 12.1 Å². The van der Waals surface area contributed by atoms with Crippen LogP contribution in [0.5, 0.6) is 0 Å². The van der Waals surface area contributed by atoms with Crippen molar-refractivity contribution in [3.63, 3.8) is 0 Å². The summed E-state index contributed by atoms with van der Waals surface area (Å²) in [6, 6.07) is 6.47. The number of benzene rings is 1. The molecule has 5 nitrogen and oxygen atoms in total. The standard InChI is InChI=1S/C15H18F2N4O/c1-10-3-5-11(6-4-10)13(18)14(22)20(2)9-12-19-7-8-21(12)15(16)17/h3-8,13,15H,9,18H2,1-2H3. The number of nitrogens with zero attached hydrogens (tertiary/aromatic N) is 3. The summed E-state index contributed by atoms with van der Waals surface area (Å²) in [6.45, 7) is -0.782. The number of imidazole rings is 1. The third-order valence-corrected chi connectivity index (χ3v) is 3.42. The van der Waals surface area contributed by atoms with E-state index in [9.17, 15) is 13.6 Å². The molecule has 0 aliphatic rings. The smallest absolute Gasteiger partial charge is 0.319 e. The molecule has 118 valence electrons. The van der Waals surface area contributed by atoms with Crippen LogP contribution in [0.15, 0.2) is 36.7 Å². The number of hydrogen-bond donors (Lipinski definition) is 1. The Morgan fingerprint density at radius 3 is 2.59 bits per heavy atom. The number of nitrogens with two attached hydrogens (primary N) is 1. The van der Waals surface area contributed by atoms with E-state index in [1.807, 2.05) is 19.1 Å². The molecule has 0 bridgehead atoms. The van der Waals surface area contributed by atoms with Gasteiger partial charge in [0.1, 0.15) is 11.9 Å². The van der Waals surface area contributed by atoms with Gasteiger partial charge in [0.25, 0.3) is 0 Å². The lowest BCUT2D eigenvalue weighted by Gasteiger charge is -2.21. The van der Waals surface area contributed by atoms with Gasteiger partial charge in [-0.2, -0.15) is 8.78 Å². The van der Waals surface area contributed by atoms with Crippen molar-refractivity contribution in [1.29, 1.82) is 0 Å². The lowest BCUT2D eigenvalue weighted by atomic mass is 10.0. The summed E-state index contributed by atoms with van der Waals surface area (Å²) in [5.74, 6) is -0.241. The molecule has 22 heavy (non-hydrogen) atoms. The molecule has 7 heteroatoms. The molecule has 0 saturated heterocycles. The zero-order valence-electron chi connectivity index (χ0n) is 12.4. The van der Waals surface area contributed by atoms with Crippen LogP contribution in [-0.4, -0.2) is 27.4 Å². The van der Waals surface area contributed by atoms with Crippen LogP contribution in [0, 0.1) is 6.92 Å². The van der Waals surface area contributed by atoms with Crippen molar-refractivity contribution in [3.8, 4) is 0 Å². The van der Waals surface area contributed by atoms with Crippen molar-refractivity contribution >= 4 is 5.91 Å². The SMILES string of the molecule is Cc1ccc(C(N)C(=O)N(C)Cc2nccn2C(F)F)cc1. The summed E-state index contributed by atoms with van der Waals surface area (Å²) in [5.41, 5.74) is 7.70. The van der Waals surface area contributed by atoms with Gasteiger partial charge in [0.05, 0.1) is 6.54 Å². The maximum absolute atomic E-state index is 12.8. The predicted molar refractivity (Wildman–Crippen MR) is 78.1 cm³/mol. The van der Waals surface area contributed by atoms with Gasteiger partial charge in [-0.3, -0.25) is 9.36 Å². The molecule has 0 saturated carbocycles. The summed E-state index contributed by atoms with van der Waals surface area (Å²) < 4.78 is 26.3. The summed E-state index contributed by atoms with van der Waals surface area (Å²) in [6.07, 6.45) is 2.46. The van der Waals surface area contributed by atoms with E-state index in [1.165, 1.54) is 24.3 Å². The fraction of sp³-hybridized carbons (Fsp3) is 0.333. The summed E-state index contributed by atoms with van der Waals surface area (Å²) in [5, 5.41) is 0. The van der Waals surface area contributed by atoms with Crippen molar-refractivity contribution in [2.45, 2.75) is 26.1 Å². The maximum atomic E-state index is 12.8. The number of likely N-dealkylation sites (N-methyl/N-ethyl adjacent to an activating group) is 1. The van der Waals surface area contributed by atoms with Gasteiger partial charge in [-0.25, -0.2) is 4.98 Å². The number of aromatic nitrogens is 2. The van der Waals surface area contributed by atoms with E-state index >= 15 is 0 Å². The molecule has 0 spiro atoms. The van der Waals surface area contributed by atoms with E-state index < -0.39 is 12.6 Å². The van der Waals surface area contributed by atoms with Crippen molar-refractivity contribution in [2.75, 3.05) is 7.05 Å². The van der Waals surface area contributed by atoms with Crippen molar-refractivity contribution in [1.82, 2.24) is 14.5 Å². The summed E-state index contributed by atoms with van der Waals surface area (Å²) in [7, 11) is 1.51. The van der Waals surface area contributed by atoms with Crippen LogP contribution in [0.4, 0.5) is 8.78 Å². The number of alkyl halides is 2. The van der Waals surface area contributed by atoms with Crippen LogP contribution >= 0.6 is 0 Å². The molecular weight excluding hydrogens is 290 g/mol. The molecule has 0 fully saturated rings. The van der Waals surface area contributed by atoms with Crippen LogP contribution in [-0.2, 0) is 11.3 Å². The molecule has 1 amide bonds. The molecule has 1 heterocycles. The van der Waals surface area contributed by atoms with E-state index in [2.05, 4.69) is 4.98 Å². The van der Waals surface area contributed by atoms with E-state index in [-0.39, 0.29) is 18.3 Å². The Hall–Kier alpha value is -2.28. The van der Waals surface area contributed by atoms with Crippen LogP contribution in [0.1, 0.15) is 29.5 Å². The molecule has 1 atom stereocenters. The molecule has 0 radical (unpaired) electrons. The average Bonchev–Trinajstić information content (AvgIpc) is 2.94. The third kappa shape index (κ3) is 3.48. The zero-order valence-corrected chi connectivity index (χ0v) is 12.4. The Morgan fingerprint density at radius 1 is 1.36 bits per heavy atom. The molecule has 0 aliphatic carbocycles. The fourth-order valence-electron chi connectivity index (χ4n) is 2.09. The third-order valence-electron chi connectivity index (χ3n) is 3.42. The second-order valence-corrected chi connectivity index (χ2v) is 5.11. The Bertz CT molecular complexity index is 639. The first-order valence-electron chi connectivity index (χ1n) is 6.77. The Morgan fingerprint density at radius 2 is 2.00 bits per heavy atom. The first-order chi connectivity index (χ1) is 10.4. The first kappa shape index (κ1) is 16.1. The minimum Gasteiger partial charge on any atom is -0.337 e. The number of amides is 1. The van der Waals surface area contributed by atoms with Crippen molar-refractivity contribution in [2.24, 2.45) is 5.73 Å². The highest BCUT2D eigenvalue weighted by atomic mass is 19.3. The lowest BCUT2D eigenvalue weighted by Crippen LogP contribution is -2.36. The van der Waals surface area contributed by atoms with Crippen LogP contribution in [0.3, 0.4) is 0 Å². The van der Waals surface area contributed by atoms with Crippen molar-refractivity contribution < 1.29 is 13.6 Å². The number of hydrogen-bond acceptors (Lipinski definition) is 3. The van der Waals surface area contributed by atoms with Gasteiger partial charge in [-0.05, 0) is 12.5 Å². The molecule has 1 unspecified atom stereocenters. The van der Waals surface area contributed by atoms with E-state index in [0.29, 0.717) is 5.56 Å². The summed E-state index contributed by atoms with van der Waals surface area (Å²) >= 11 is 0. The number of rotatable bonds is 5. The number of carbonyl (C=O) groups is 1. The lowest BCUT2D eigenvalue weighted by molar-refractivity contribution is -0.132. The highest BCUT2D eigenvalue weighted by Crippen LogP contribution is 2.17. The molecule has 2 aromatic rings. The largest absolute Gasteiger partial charge is 0.337 e. The topological polar surface area (TPSA) is 64.2 Å². The second kappa shape index (κ2) is 6.65. The molecule has 1 aromatic heterocycles. The maximum Gasteiger partial charge on any atom is 0.319 e. The van der Waals surface area contributed by atoms with Crippen LogP contribution in [0.2, 0.25) is 0 Å². The molecule has 2 rings (SSSR count). The van der Waals surface area contributed by atoms with Gasteiger partial charge < -0.3 is 10.6 Å². The summed E-state index contributed by atoms with van der Waals surface area (Å²) in [4.78, 5) is 17.5. The quantitative estimate of drug-likeness (QED) is 0.921. The van der Waals surface area contributed by atoms with E-state index in [4.69, 9.17) is 5.73 Å². The van der Waals surface area contributed by atoms with Gasteiger partial charge in [-0.1, -0.05) is 29.8 Å². The van der Waals surface area contributed by atoms with Gasteiger partial charge in [0, 0.05) is 19.4 Å². The molecule has 0 aliphatic heterocycles. The fourth-order valence-corrected chi connectivity index (χ4v) is 2.09. The number of halogens is 2. The Balaban J connectivity index is 2.08. The Labute approximate surface area is 127 Å². The van der Waals surface area contributed by atoms with E-state index in [0.717, 1.165) is 10.1 Å². The number of aryl methyl sites for hydroxylation is 1. The van der Waals surface area contributed by atoms with Gasteiger partial charge in [0.2, 0.25) is 5.91 Å². The normalized spacial score (nSPS) is 12.5. The first-order valence-corrected chi connectivity index (χ1v) is 6.77. The molecule has 1 aromatic carbocycles. The van der Waals surface area contributed by atoms with Gasteiger partial charge in [0.15, 0.2) is 0 Å². The highest BCUT2D eigenvalue weighted by Gasteiger charge is 2.22. The van der Waals surface area contributed by atoms with Gasteiger partial charge >= 0.3 is 6.55 Å². The zero-order chi connectivity index (χ0) is 16.3. The minimum atomic E-state index is -2.69. The molecular formula is C15H18F2N4O. The van der Waals surface area contributed by atoms with Crippen LogP contribution < -0.4 is 5.73 Å². The minimum absolute atomic E-state index is 0.0320. The number of carbonyl (C=O) groups excluding carboxylic acids is 1. The second-order valence-electron chi connectivity index (χ2n) is 5.11. The Kier molecular flexibility index (Phi) is 4.87. The average molecular weight is 308 g/mol.